The highest BCUT2D eigenvalue weighted by molar-refractivity contribution is 6.22. The van der Waals surface area contributed by atoms with Gasteiger partial charge in [0.25, 0.3) is 0 Å². The van der Waals surface area contributed by atoms with Gasteiger partial charge in [0.05, 0.1) is 34.7 Å². The first-order valence-electron chi connectivity index (χ1n) is 11.4. The standard InChI is InChI=1S/C30H21N3O/c1-34-22-13-9-12-21(18-22)33-27-17-8-6-15-24(27)28-30(33)29-25(19-31-28)23-14-5-7-16-26(23)32(29)20-10-3-2-4-11-20/h2-19H,1H3. The third-order valence-corrected chi connectivity index (χ3v) is 6.63. The van der Waals surface area contributed by atoms with Gasteiger partial charge in [-0.15, -0.1) is 0 Å². The first kappa shape index (κ1) is 18.9. The summed E-state index contributed by atoms with van der Waals surface area (Å²) in [5, 5.41) is 3.46. The summed E-state index contributed by atoms with van der Waals surface area (Å²) in [7, 11) is 1.71. The molecule has 3 aromatic heterocycles. The van der Waals surface area contributed by atoms with Crippen LogP contribution in [0.1, 0.15) is 0 Å². The van der Waals surface area contributed by atoms with E-state index in [4.69, 9.17) is 9.72 Å². The van der Waals surface area contributed by atoms with Gasteiger partial charge >= 0.3 is 0 Å². The molecule has 0 atom stereocenters. The van der Waals surface area contributed by atoms with Gasteiger partial charge in [-0.2, -0.15) is 0 Å². The predicted molar refractivity (Wildman–Crippen MR) is 139 cm³/mol. The van der Waals surface area contributed by atoms with Crippen LogP contribution >= 0.6 is 0 Å². The van der Waals surface area contributed by atoms with Crippen LogP contribution < -0.4 is 4.74 Å². The first-order chi connectivity index (χ1) is 16.8. The van der Waals surface area contributed by atoms with Crippen molar-refractivity contribution >= 4 is 43.7 Å². The van der Waals surface area contributed by atoms with Crippen LogP contribution in [0.4, 0.5) is 0 Å². The van der Waals surface area contributed by atoms with Crippen molar-refractivity contribution in [3.05, 3.63) is 109 Å². The zero-order valence-electron chi connectivity index (χ0n) is 18.6. The van der Waals surface area contributed by atoms with E-state index in [0.717, 1.165) is 50.0 Å². The smallest absolute Gasteiger partial charge is 0.120 e. The van der Waals surface area contributed by atoms with E-state index < -0.39 is 0 Å². The molecule has 3 heterocycles. The molecule has 7 aromatic rings. The molecule has 0 aliphatic heterocycles. The van der Waals surface area contributed by atoms with E-state index in [0.29, 0.717) is 0 Å². The molecule has 0 aliphatic carbocycles. The number of fused-ring (bicyclic) bond motifs is 7. The summed E-state index contributed by atoms with van der Waals surface area (Å²) in [5.74, 6) is 0.826. The molecule has 0 amide bonds. The van der Waals surface area contributed by atoms with E-state index in [1.54, 1.807) is 7.11 Å². The van der Waals surface area contributed by atoms with E-state index in [9.17, 15) is 0 Å². The maximum absolute atomic E-state index is 5.57. The molecule has 0 fully saturated rings. The number of aromatic nitrogens is 3. The molecule has 4 heteroatoms. The molecular formula is C30H21N3O. The Labute approximate surface area is 196 Å². The van der Waals surface area contributed by atoms with Crippen molar-refractivity contribution in [2.24, 2.45) is 0 Å². The lowest BCUT2D eigenvalue weighted by Gasteiger charge is -2.12. The molecule has 7 rings (SSSR count). The van der Waals surface area contributed by atoms with E-state index in [1.165, 1.54) is 10.9 Å². The van der Waals surface area contributed by atoms with Crippen LogP contribution in [0, 0.1) is 0 Å². The molecule has 0 aliphatic rings. The summed E-state index contributed by atoms with van der Waals surface area (Å²) < 4.78 is 10.3. The number of methoxy groups -OCH3 is 1. The van der Waals surface area contributed by atoms with Gasteiger partial charge < -0.3 is 13.9 Å². The van der Waals surface area contributed by atoms with Crippen LogP contribution in [0.15, 0.2) is 109 Å². The van der Waals surface area contributed by atoms with Gasteiger partial charge in [0.2, 0.25) is 0 Å². The largest absolute Gasteiger partial charge is 0.497 e. The van der Waals surface area contributed by atoms with Crippen molar-refractivity contribution in [2.75, 3.05) is 7.11 Å². The minimum Gasteiger partial charge on any atom is -0.497 e. The highest BCUT2D eigenvalue weighted by Crippen LogP contribution is 2.40. The zero-order valence-corrected chi connectivity index (χ0v) is 18.6. The molecule has 0 unspecified atom stereocenters. The van der Waals surface area contributed by atoms with Crippen LogP contribution in [-0.2, 0) is 0 Å². The number of hydrogen-bond donors (Lipinski definition) is 0. The average Bonchev–Trinajstić information content (AvgIpc) is 3.42. The minimum absolute atomic E-state index is 0.826. The van der Waals surface area contributed by atoms with Gasteiger partial charge in [-0.1, -0.05) is 60.7 Å². The summed E-state index contributed by atoms with van der Waals surface area (Å²) in [5.41, 5.74) is 7.69. The summed E-state index contributed by atoms with van der Waals surface area (Å²) in [4.78, 5) is 5.02. The summed E-state index contributed by atoms with van der Waals surface area (Å²) in [6, 6.07) is 35.8. The maximum atomic E-state index is 5.57. The number of ether oxygens (including phenoxy) is 1. The number of pyridine rings is 1. The second kappa shape index (κ2) is 7.22. The molecule has 4 nitrogen and oxygen atoms in total. The molecule has 4 aromatic carbocycles. The lowest BCUT2D eigenvalue weighted by molar-refractivity contribution is 0.414. The predicted octanol–water partition coefficient (Wildman–Crippen LogP) is 7.28. The SMILES string of the molecule is COc1cccc(-n2c3ccccc3c3ncc4c5ccccc5n(-c5ccccc5)c4c32)c1. The Balaban J connectivity index is 1.77. The molecule has 34 heavy (non-hydrogen) atoms. The Hall–Kier alpha value is -4.57. The molecule has 0 saturated carbocycles. The molecule has 0 radical (unpaired) electrons. The molecule has 0 saturated heterocycles. The van der Waals surface area contributed by atoms with Gasteiger partial charge in [0.1, 0.15) is 5.75 Å². The fourth-order valence-electron chi connectivity index (χ4n) is 5.19. The van der Waals surface area contributed by atoms with E-state index in [2.05, 4.69) is 100 Å². The van der Waals surface area contributed by atoms with Crippen molar-refractivity contribution in [2.45, 2.75) is 0 Å². The minimum atomic E-state index is 0.826. The van der Waals surface area contributed by atoms with Crippen LogP contribution in [-0.4, -0.2) is 21.2 Å². The number of hydrogen-bond acceptors (Lipinski definition) is 2. The molecule has 0 bridgehead atoms. The van der Waals surface area contributed by atoms with Crippen molar-refractivity contribution in [3.63, 3.8) is 0 Å². The summed E-state index contributed by atoms with van der Waals surface area (Å²) in [6.07, 6.45) is 2.03. The Kier molecular flexibility index (Phi) is 4.02. The van der Waals surface area contributed by atoms with Crippen molar-refractivity contribution < 1.29 is 4.74 Å². The Morgan fingerprint density at radius 1 is 0.588 bits per heavy atom. The Bertz CT molecular complexity index is 1840. The molecule has 0 spiro atoms. The van der Waals surface area contributed by atoms with E-state index in [1.807, 2.05) is 18.3 Å². The lowest BCUT2D eigenvalue weighted by atomic mass is 10.2. The second-order valence-electron chi connectivity index (χ2n) is 8.46. The average molecular weight is 440 g/mol. The Morgan fingerprint density at radius 3 is 2.03 bits per heavy atom. The zero-order chi connectivity index (χ0) is 22.6. The highest BCUT2D eigenvalue weighted by atomic mass is 16.5. The van der Waals surface area contributed by atoms with Gasteiger partial charge in [-0.05, 0) is 36.4 Å². The highest BCUT2D eigenvalue weighted by Gasteiger charge is 2.21. The number of nitrogens with zero attached hydrogens (tertiary/aromatic N) is 3. The molecular weight excluding hydrogens is 418 g/mol. The first-order valence-corrected chi connectivity index (χ1v) is 11.4. The third-order valence-electron chi connectivity index (χ3n) is 6.63. The van der Waals surface area contributed by atoms with Crippen LogP contribution in [0.2, 0.25) is 0 Å². The van der Waals surface area contributed by atoms with Crippen molar-refractivity contribution in [3.8, 4) is 17.1 Å². The summed E-state index contributed by atoms with van der Waals surface area (Å²) in [6.45, 7) is 0. The topological polar surface area (TPSA) is 32.0 Å². The van der Waals surface area contributed by atoms with Crippen molar-refractivity contribution in [1.29, 1.82) is 0 Å². The normalized spacial score (nSPS) is 11.7. The second-order valence-corrected chi connectivity index (χ2v) is 8.46. The van der Waals surface area contributed by atoms with Crippen LogP contribution in [0.5, 0.6) is 5.75 Å². The van der Waals surface area contributed by atoms with Crippen LogP contribution in [0.25, 0.3) is 55.1 Å². The van der Waals surface area contributed by atoms with E-state index >= 15 is 0 Å². The number of benzene rings is 4. The Morgan fingerprint density at radius 2 is 1.24 bits per heavy atom. The molecule has 162 valence electrons. The van der Waals surface area contributed by atoms with Gasteiger partial charge in [-0.3, -0.25) is 4.98 Å². The lowest BCUT2D eigenvalue weighted by Crippen LogP contribution is -1.99. The van der Waals surface area contributed by atoms with Crippen molar-refractivity contribution in [1.82, 2.24) is 14.1 Å². The van der Waals surface area contributed by atoms with Crippen LogP contribution in [0.3, 0.4) is 0 Å². The quantitative estimate of drug-likeness (QED) is 0.290. The fourth-order valence-corrected chi connectivity index (χ4v) is 5.19. The number of para-hydroxylation sites is 3. The maximum Gasteiger partial charge on any atom is 0.120 e. The van der Waals surface area contributed by atoms with Gasteiger partial charge in [0.15, 0.2) is 0 Å². The molecule has 0 N–H and O–H groups in total. The van der Waals surface area contributed by atoms with Gasteiger partial charge in [0, 0.05) is 39.8 Å². The van der Waals surface area contributed by atoms with Gasteiger partial charge in [-0.25, -0.2) is 0 Å². The van der Waals surface area contributed by atoms with E-state index in [-0.39, 0.29) is 0 Å². The fraction of sp³-hybridized carbons (Fsp3) is 0.0333. The summed E-state index contributed by atoms with van der Waals surface area (Å²) >= 11 is 0. The third kappa shape index (κ3) is 2.57. The monoisotopic (exact) mass is 439 g/mol. The number of rotatable bonds is 3.